The van der Waals surface area contributed by atoms with E-state index in [0.29, 0.717) is 19.4 Å². The van der Waals surface area contributed by atoms with Gasteiger partial charge < -0.3 is 19.3 Å². The van der Waals surface area contributed by atoms with Crippen molar-refractivity contribution in [1.82, 2.24) is 0 Å². The fourth-order valence-electron chi connectivity index (χ4n) is 4.58. The molecule has 33 heavy (non-hydrogen) atoms. The maximum atomic E-state index is 11.7. The number of aliphatic hydroxyl groups excluding tert-OH is 1. The standard InChI is InChI=1S/C28H36O5/c1-6-8-22-13-19(3)14-23(28(22)32-17-25-15-24(29)16-26(30)33-25)9-7-10-31-27-20(4)11-18(2)12-21(27)5/h6,11-14,24-25,29H,1,7-10,15-17H2,2-5H3. The van der Waals surface area contributed by atoms with E-state index in [-0.39, 0.29) is 19.0 Å². The summed E-state index contributed by atoms with van der Waals surface area (Å²) in [4.78, 5) is 11.7. The zero-order chi connectivity index (χ0) is 24.0. The van der Waals surface area contributed by atoms with Crippen molar-refractivity contribution < 1.29 is 24.1 Å². The van der Waals surface area contributed by atoms with Gasteiger partial charge in [0.2, 0.25) is 0 Å². The van der Waals surface area contributed by atoms with Crippen molar-refractivity contribution in [2.75, 3.05) is 13.2 Å². The molecule has 1 saturated heterocycles. The summed E-state index contributed by atoms with van der Waals surface area (Å²) >= 11 is 0. The first-order valence-electron chi connectivity index (χ1n) is 11.7. The van der Waals surface area contributed by atoms with Crippen LogP contribution in [0.1, 0.15) is 52.6 Å². The zero-order valence-electron chi connectivity index (χ0n) is 20.3. The van der Waals surface area contributed by atoms with Crippen molar-refractivity contribution in [3.63, 3.8) is 0 Å². The number of cyclic esters (lactones) is 1. The van der Waals surface area contributed by atoms with E-state index in [1.165, 1.54) is 11.1 Å². The van der Waals surface area contributed by atoms with Gasteiger partial charge in [-0.1, -0.05) is 41.5 Å². The molecule has 2 unspecified atom stereocenters. The lowest BCUT2D eigenvalue weighted by atomic mass is 9.99. The smallest absolute Gasteiger partial charge is 0.308 e. The Morgan fingerprint density at radius 2 is 1.70 bits per heavy atom. The minimum Gasteiger partial charge on any atom is -0.493 e. The van der Waals surface area contributed by atoms with Gasteiger partial charge in [0, 0.05) is 6.42 Å². The first-order chi connectivity index (χ1) is 15.8. The molecular formula is C28H36O5. The van der Waals surface area contributed by atoms with Crippen LogP contribution in [0, 0.1) is 27.7 Å². The maximum absolute atomic E-state index is 11.7. The molecule has 0 radical (unpaired) electrons. The number of ether oxygens (including phenoxy) is 3. The van der Waals surface area contributed by atoms with Crippen LogP contribution >= 0.6 is 0 Å². The van der Waals surface area contributed by atoms with E-state index < -0.39 is 12.2 Å². The van der Waals surface area contributed by atoms with Crippen LogP contribution in [0.15, 0.2) is 36.9 Å². The molecule has 1 heterocycles. The molecule has 1 aliphatic rings. The summed E-state index contributed by atoms with van der Waals surface area (Å²) in [6.07, 6.45) is 3.53. The molecule has 5 nitrogen and oxygen atoms in total. The SMILES string of the molecule is C=CCc1cc(C)cc(CCCOc2c(C)cc(C)cc2C)c1OCC1CC(O)CC(=O)O1. The van der Waals surface area contributed by atoms with Crippen molar-refractivity contribution in [1.29, 1.82) is 0 Å². The van der Waals surface area contributed by atoms with Crippen LogP contribution in [-0.4, -0.2) is 36.5 Å². The molecule has 0 aromatic heterocycles. The van der Waals surface area contributed by atoms with Crippen molar-refractivity contribution >= 4 is 5.97 Å². The highest BCUT2D eigenvalue weighted by atomic mass is 16.6. The number of allylic oxidation sites excluding steroid dienone is 1. The highest BCUT2D eigenvalue weighted by Crippen LogP contribution is 2.30. The van der Waals surface area contributed by atoms with Crippen molar-refractivity contribution in [3.8, 4) is 11.5 Å². The first kappa shape index (κ1) is 24.8. The van der Waals surface area contributed by atoms with E-state index in [9.17, 15) is 9.90 Å². The van der Waals surface area contributed by atoms with Gasteiger partial charge in [-0.3, -0.25) is 4.79 Å². The molecule has 2 aromatic carbocycles. The largest absolute Gasteiger partial charge is 0.493 e. The predicted molar refractivity (Wildman–Crippen MR) is 130 cm³/mol. The van der Waals surface area contributed by atoms with Crippen LogP contribution < -0.4 is 9.47 Å². The van der Waals surface area contributed by atoms with Gasteiger partial charge in [-0.05, 0) is 69.2 Å². The van der Waals surface area contributed by atoms with E-state index in [1.54, 1.807) is 0 Å². The van der Waals surface area contributed by atoms with Crippen molar-refractivity contribution in [2.24, 2.45) is 0 Å². The molecule has 1 aliphatic heterocycles. The number of carbonyl (C=O) groups is 1. The highest BCUT2D eigenvalue weighted by Gasteiger charge is 2.28. The molecule has 178 valence electrons. The zero-order valence-corrected chi connectivity index (χ0v) is 20.3. The van der Waals surface area contributed by atoms with Crippen LogP contribution in [0.3, 0.4) is 0 Å². The summed E-state index contributed by atoms with van der Waals surface area (Å²) in [5.41, 5.74) is 6.89. The normalized spacial score (nSPS) is 18.0. The maximum Gasteiger partial charge on any atom is 0.308 e. The summed E-state index contributed by atoms with van der Waals surface area (Å²) in [6.45, 7) is 13.1. The Balaban J connectivity index is 1.68. The molecule has 0 aliphatic carbocycles. The first-order valence-corrected chi connectivity index (χ1v) is 11.7. The van der Waals surface area contributed by atoms with Gasteiger partial charge in [-0.15, -0.1) is 6.58 Å². The summed E-state index contributed by atoms with van der Waals surface area (Å²) < 4.78 is 17.7. The lowest BCUT2D eigenvalue weighted by molar-refractivity contribution is -0.162. The van der Waals surface area contributed by atoms with Gasteiger partial charge in [0.15, 0.2) is 0 Å². The molecular weight excluding hydrogens is 416 g/mol. The number of carbonyl (C=O) groups excluding carboxylic acids is 1. The second-order valence-electron chi connectivity index (χ2n) is 9.10. The molecule has 3 rings (SSSR count). The van der Waals surface area contributed by atoms with Crippen LogP contribution in [0.25, 0.3) is 0 Å². The van der Waals surface area contributed by atoms with Crippen LogP contribution in [0.2, 0.25) is 0 Å². The third-order valence-corrected chi connectivity index (χ3v) is 5.84. The Morgan fingerprint density at radius 1 is 1.03 bits per heavy atom. The second-order valence-corrected chi connectivity index (χ2v) is 9.10. The third kappa shape index (κ3) is 6.84. The van der Waals surface area contributed by atoms with Crippen LogP contribution in [-0.2, 0) is 22.4 Å². The third-order valence-electron chi connectivity index (χ3n) is 5.84. The Kier molecular flexibility index (Phi) is 8.56. The van der Waals surface area contributed by atoms with Crippen LogP contribution in [0.4, 0.5) is 0 Å². The van der Waals surface area contributed by atoms with Gasteiger partial charge in [0.05, 0.1) is 19.1 Å². The molecule has 1 fully saturated rings. The number of hydrogen-bond acceptors (Lipinski definition) is 5. The number of hydrogen-bond donors (Lipinski definition) is 1. The van der Waals surface area contributed by atoms with E-state index in [0.717, 1.165) is 46.6 Å². The molecule has 0 bridgehead atoms. The molecule has 0 spiro atoms. The van der Waals surface area contributed by atoms with Crippen molar-refractivity contribution in [3.05, 3.63) is 70.3 Å². The topological polar surface area (TPSA) is 65.0 Å². The van der Waals surface area contributed by atoms with E-state index in [4.69, 9.17) is 14.2 Å². The monoisotopic (exact) mass is 452 g/mol. The molecule has 2 atom stereocenters. The lowest BCUT2D eigenvalue weighted by Gasteiger charge is -2.27. The lowest BCUT2D eigenvalue weighted by Crippen LogP contribution is -2.36. The highest BCUT2D eigenvalue weighted by molar-refractivity contribution is 5.71. The minimum atomic E-state index is -0.671. The Labute approximate surface area is 197 Å². The van der Waals surface area contributed by atoms with E-state index in [1.807, 2.05) is 6.08 Å². The summed E-state index contributed by atoms with van der Waals surface area (Å²) in [5.74, 6) is 1.40. The average Bonchev–Trinajstić information content (AvgIpc) is 2.71. The fraction of sp³-hybridized carbons (Fsp3) is 0.464. The fourth-order valence-corrected chi connectivity index (χ4v) is 4.58. The molecule has 0 amide bonds. The van der Waals surface area contributed by atoms with Gasteiger partial charge in [0.1, 0.15) is 24.2 Å². The Bertz CT molecular complexity index is 971. The molecule has 1 N–H and O–H groups in total. The Morgan fingerprint density at radius 3 is 2.36 bits per heavy atom. The second kappa shape index (κ2) is 11.4. The minimum absolute atomic E-state index is 0.0495. The number of esters is 1. The number of aryl methyl sites for hydroxylation is 5. The van der Waals surface area contributed by atoms with Crippen molar-refractivity contribution in [2.45, 2.75) is 72.0 Å². The van der Waals surface area contributed by atoms with Gasteiger partial charge in [-0.25, -0.2) is 0 Å². The molecule has 0 saturated carbocycles. The summed E-state index contributed by atoms with van der Waals surface area (Å²) in [5, 5.41) is 9.88. The predicted octanol–water partition coefficient (Wildman–Crippen LogP) is 5.11. The molecule has 2 aromatic rings. The van der Waals surface area contributed by atoms with Gasteiger partial charge >= 0.3 is 5.97 Å². The quantitative estimate of drug-likeness (QED) is 0.308. The van der Waals surface area contributed by atoms with Crippen LogP contribution in [0.5, 0.6) is 11.5 Å². The van der Waals surface area contributed by atoms with Gasteiger partial charge in [0.25, 0.3) is 0 Å². The Hall–Kier alpha value is -2.79. The van der Waals surface area contributed by atoms with E-state index >= 15 is 0 Å². The van der Waals surface area contributed by atoms with E-state index in [2.05, 4.69) is 58.5 Å². The van der Waals surface area contributed by atoms with Gasteiger partial charge in [-0.2, -0.15) is 0 Å². The molecule has 5 heteroatoms. The summed E-state index contributed by atoms with van der Waals surface area (Å²) in [6, 6.07) is 8.54. The number of aliphatic hydroxyl groups is 1. The summed E-state index contributed by atoms with van der Waals surface area (Å²) in [7, 11) is 0. The average molecular weight is 453 g/mol. The number of benzene rings is 2. The number of rotatable bonds is 10.